The number of nitrogens with zero attached hydrogens (tertiary/aromatic N) is 4. The van der Waals surface area contributed by atoms with Crippen molar-refractivity contribution in [3.63, 3.8) is 0 Å². The lowest BCUT2D eigenvalue weighted by molar-refractivity contribution is 0.282. The van der Waals surface area contributed by atoms with Crippen LogP contribution in [0, 0.1) is 12.7 Å². The second kappa shape index (κ2) is 7.66. The van der Waals surface area contributed by atoms with Crippen molar-refractivity contribution in [1.82, 2.24) is 14.6 Å². The van der Waals surface area contributed by atoms with E-state index in [1.54, 1.807) is 12.1 Å². The van der Waals surface area contributed by atoms with Gasteiger partial charge in [0.2, 0.25) is 0 Å². The lowest BCUT2D eigenvalue weighted by Gasteiger charge is -2.45. The molecule has 0 amide bonds. The van der Waals surface area contributed by atoms with Gasteiger partial charge in [-0.2, -0.15) is 0 Å². The second-order valence-electron chi connectivity index (χ2n) is 8.93. The molecule has 3 aromatic rings. The predicted molar refractivity (Wildman–Crippen MR) is 126 cm³/mol. The highest BCUT2D eigenvalue weighted by molar-refractivity contribution is 5.68. The van der Waals surface area contributed by atoms with E-state index < -0.39 is 0 Å². The van der Waals surface area contributed by atoms with Gasteiger partial charge in [0.25, 0.3) is 0 Å². The molecule has 3 heterocycles. The highest BCUT2D eigenvalue weighted by Crippen LogP contribution is 2.38. The average molecular weight is 427 g/mol. The minimum Gasteiger partial charge on any atom is -0.306 e. The molecule has 0 bridgehead atoms. The zero-order valence-corrected chi connectivity index (χ0v) is 18.4. The summed E-state index contributed by atoms with van der Waals surface area (Å²) in [4.78, 5) is 4.40. The maximum absolute atomic E-state index is 13.4. The van der Waals surface area contributed by atoms with E-state index >= 15 is 0 Å². The fourth-order valence-corrected chi connectivity index (χ4v) is 5.26. The minimum atomic E-state index is -0.187. The van der Waals surface area contributed by atoms with E-state index in [-0.39, 0.29) is 5.82 Å². The van der Waals surface area contributed by atoms with E-state index in [4.69, 9.17) is 0 Å². The third kappa shape index (κ3) is 3.24. The fourth-order valence-electron chi connectivity index (χ4n) is 5.26. The molecular formula is C27H27FN4. The van der Waals surface area contributed by atoms with E-state index in [0.717, 1.165) is 56.6 Å². The number of halogens is 1. The van der Waals surface area contributed by atoms with Crippen LogP contribution in [0.4, 0.5) is 10.1 Å². The number of anilines is 1. The van der Waals surface area contributed by atoms with Gasteiger partial charge in [0.15, 0.2) is 0 Å². The molecular weight excluding hydrogens is 399 g/mol. The first-order valence-electron chi connectivity index (χ1n) is 11.5. The Morgan fingerprint density at radius 3 is 2.53 bits per heavy atom. The molecule has 2 aliphatic heterocycles. The summed E-state index contributed by atoms with van der Waals surface area (Å²) in [5.41, 5.74) is 10.4. The monoisotopic (exact) mass is 426 g/mol. The third-order valence-corrected chi connectivity index (χ3v) is 6.91. The van der Waals surface area contributed by atoms with E-state index in [1.165, 1.54) is 33.6 Å². The van der Waals surface area contributed by atoms with Crippen LogP contribution in [-0.4, -0.2) is 27.6 Å². The number of aryl methyl sites for hydroxylation is 1. The Morgan fingerprint density at radius 2 is 1.78 bits per heavy atom. The molecule has 1 aromatic heterocycles. The van der Waals surface area contributed by atoms with Crippen LogP contribution in [0.1, 0.15) is 41.6 Å². The number of rotatable bonds is 3. The number of imidazole rings is 1. The van der Waals surface area contributed by atoms with Gasteiger partial charge in [0, 0.05) is 25.0 Å². The molecule has 0 N–H and O–H groups in total. The Bertz CT molecular complexity index is 1240. The zero-order chi connectivity index (χ0) is 21.7. The van der Waals surface area contributed by atoms with E-state index in [2.05, 4.69) is 50.1 Å². The molecule has 1 saturated heterocycles. The molecule has 1 aliphatic carbocycles. The lowest BCUT2D eigenvalue weighted by Crippen LogP contribution is -2.47. The Labute approximate surface area is 188 Å². The van der Waals surface area contributed by atoms with Gasteiger partial charge in [0.05, 0.1) is 23.4 Å². The van der Waals surface area contributed by atoms with Crippen LogP contribution in [0.15, 0.2) is 66.3 Å². The number of hydrogen-bond acceptors (Lipinski definition) is 3. The van der Waals surface area contributed by atoms with Crippen LogP contribution in [0.3, 0.4) is 0 Å². The number of fused-ring (bicyclic) bond motifs is 2. The Morgan fingerprint density at radius 1 is 0.938 bits per heavy atom. The zero-order valence-electron chi connectivity index (χ0n) is 18.4. The summed E-state index contributed by atoms with van der Waals surface area (Å²) in [6, 6.07) is 11.4. The van der Waals surface area contributed by atoms with Gasteiger partial charge in [-0.15, -0.1) is 0 Å². The van der Waals surface area contributed by atoms with Crippen molar-refractivity contribution in [3.8, 4) is 5.69 Å². The lowest BCUT2D eigenvalue weighted by atomic mass is 9.82. The highest BCUT2D eigenvalue weighted by atomic mass is 19.1. The summed E-state index contributed by atoms with van der Waals surface area (Å²) < 4.78 is 15.6. The number of benzene rings is 2. The van der Waals surface area contributed by atoms with Crippen LogP contribution < -0.4 is 5.01 Å². The molecule has 0 saturated carbocycles. The molecule has 0 spiro atoms. The molecule has 6 rings (SSSR count). The van der Waals surface area contributed by atoms with Gasteiger partial charge < -0.3 is 4.57 Å². The van der Waals surface area contributed by atoms with Crippen molar-refractivity contribution in [2.45, 2.75) is 39.0 Å². The van der Waals surface area contributed by atoms with Crippen LogP contribution in [-0.2, 0) is 12.8 Å². The van der Waals surface area contributed by atoms with Crippen LogP contribution in [0.5, 0.6) is 0 Å². The number of hydrogen-bond donors (Lipinski definition) is 0. The first-order valence-corrected chi connectivity index (χ1v) is 11.5. The molecule has 0 unspecified atom stereocenters. The van der Waals surface area contributed by atoms with Gasteiger partial charge in [-0.05, 0) is 97.7 Å². The van der Waals surface area contributed by atoms with Crippen molar-refractivity contribution in [2.24, 2.45) is 0 Å². The number of allylic oxidation sites excluding steroid dienone is 1. The predicted octanol–water partition coefficient (Wildman–Crippen LogP) is 5.61. The maximum Gasteiger partial charge on any atom is 0.123 e. The minimum absolute atomic E-state index is 0.187. The first kappa shape index (κ1) is 19.4. The van der Waals surface area contributed by atoms with Gasteiger partial charge in [-0.25, -0.2) is 9.37 Å². The topological polar surface area (TPSA) is 24.3 Å². The van der Waals surface area contributed by atoms with E-state index in [9.17, 15) is 4.39 Å². The molecule has 5 heteroatoms. The van der Waals surface area contributed by atoms with Crippen LogP contribution >= 0.6 is 0 Å². The van der Waals surface area contributed by atoms with Crippen molar-refractivity contribution in [2.75, 3.05) is 18.1 Å². The second-order valence-corrected chi connectivity index (χ2v) is 8.93. The molecule has 1 fully saturated rings. The summed E-state index contributed by atoms with van der Waals surface area (Å²) in [7, 11) is 0. The van der Waals surface area contributed by atoms with Crippen LogP contribution in [0.2, 0.25) is 0 Å². The number of hydrazine groups is 1. The SMILES string of the molecule is Cc1cn(-c2ccc(C=C3CCCN4C3=CCCN4c3ccc(F)cc3)c3c2CC3)cn1. The Hall–Kier alpha value is -3.34. The van der Waals surface area contributed by atoms with Gasteiger partial charge in [0.1, 0.15) is 5.82 Å². The summed E-state index contributed by atoms with van der Waals surface area (Å²) in [6.45, 7) is 3.96. The number of piperidine rings is 1. The Balaban J connectivity index is 1.33. The van der Waals surface area contributed by atoms with E-state index in [0.29, 0.717) is 0 Å². The normalized spacial score (nSPS) is 18.8. The Kier molecular flexibility index (Phi) is 4.63. The molecule has 3 aliphatic rings. The average Bonchev–Trinajstić information content (AvgIpc) is 3.21. The van der Waals surface area contributed by atoms with E-state index in [1.807, 2.05) is 25.4 Å². The molecule has 4 nitrogen and oxygen atoms in total. The van der Waals surface area contributed by atoms with Crippen molar-refractivity contribution in [3.05, 3.63) is 94.5 Å². The smallest absolute Gasteiger partial charge is 0.123 e. The molecule has 2 aromatic carbocycles. The summed E-state index contributed by atoms with van der Waals surface area (Å²) in [6.07, 6.45) is 14.3. The molecule has 162 valence electrons. The van der Waals surface area contributed by atoms with Crippen molar-refractivity contribution < 1.29 is 4.39 Å². The fraction of sp³-hybridized carbons (Fsp3) is 0.296. The number of aromatic nitrogens is 2. The molecule has 32 heavy (non-hydrogen) atoms. The van der Waals surface area contributed by atoms with Crippen molar-refractivity contribution >= 4 is 11.8 Å². The molecule has 0 radical (unpaired) electrons. The van der Waals surface area contributed by atoms with Gasteiger partial charge in [-0.3, -0.25) is 10.0 Å². The van der Waals surface area contributed by atoms with Crippen molar-refractivity contribution in [1.29, 1.82) is 0 Å². The quantitative estimate of drug-likeness (QED) is 0.544. The highest BCUT2D eigenvalue weighted by Gasteiger charge is 2.29. The molecule has 0 atom stereocenters. The summed E-state index contributed by atoms with van der Waals surface area (Å²) in [5.74, 6) is -0.187. The first-order chi connectivity index (χ1) is 15.7. The van der Waals surface area contributed by atoms with Crippen LogP contribution in [0.25, 0.3) is 11.8 Å². The standard InChI is InChI=1S/C27H27FN4/c1-19-17-30(18-29-19)27-13-6-20(24-11-12-25(24)27)16-21-4-2-15-32-26(21)5-3-14-31(32)23-9-7-22(28)8-10-23/h5-10,13,16-18H,2-4,11-12,14-15H2,1H3. The largest absolute Gasteiger partial charge is 0.306 e. The summed E-state index contributed by atoms with van der Waals surface area (Å²) >= 11 is 0. The van der Waals surface area contributed by atoms with Gasteiger partial charge >= 0.3 is 0 Å². The third-order valence-electron chi connectivity index (χ3n) is 6.91. The summed E-state index contributed by atoms with van der Waals surface area (Å²) in [5, 5.41) is 4.70. The van der Waals surface area contributed by atoms with Gasteiger partial charge in [-0.1, -0.05) is 12.1 Å². The maximum atomic E-state index is 13.4.